The second kappa shape index (κ2) is 5.85. The minimum Gasteiger partial charge on any atom is -0.362 e. The molecule has 86 valence electrons. The van der Waals surface area contributed by atoms with E-state index in [1.165, 1.54) is 18.4 Å². The molecule has 0 spiro atoms. The minimum atomic E-state index is 0.930. The maximum atomic E-state index is 5.27. The summed E-state index contributed by atoms with van der Waals surface area (Å²) >= 11 is 5.27. The van der Waals surface area contributed by atoms with Crippen molar-refractivity contribution in [1.29, 1.82) is 0 Å². The molecule has 2 rings (SSSR count). The van der Waals surface area contributed by atoms with Crippen LogP contribution in [0.1, 0.15) is 18.4 Å². The zero-order chi connectivity index (χ0) is 11.2. The molecule has 1 heterocycles. The molecule has 1 aromatic carbocycles. The van der Waals surface area contributed by atoms with Gasteiger partial charge >= 0.3 is 0 Å². The topological polar surface area (TPSA) is 15.3 Å². The van der Waals surface area contributed by atoms with Crippen LogP contribution < -0.4 is 5.32 Å². The summed E-state index contributed by atoms with van der Waals surface area (Å²) in [6, 6.07) is 10.6. The Morgan fingerprint density at radius 2 is 2.06 bits per heavy atom. The lowest BCUT2D eigenvalue weighted by Crippen LogP contribution is -2.46. The van der Waals surface area contributed by atoms with Crippen molar-refractivity contribution in [2.24, 2.45) is 0 Å². The number of hydrogen-bond acceptors (Lipinski definition) is 1. The highest BCUT2D eigenvalue weighted by Crippen LogP contribution is 2.05. The van der Waals surface area contributed by atoms with E-state index in [0.717, 1.165) is 31.2 Å². The van der Waals surface area contributed by atoms with E-state index in [-0.39, 0.29) is 0 Å². The van der Waals surface area contributed by atoms with Crippen molar-refractivity contribution in [2.75, 3.05) is 19.6 Å². The highest BCUT2D eigenvalue weighted by Gasteiger charge is 2.12. The molecule has 1 fully saturated rings. The Labute approximate surface area is 103 Å². The molecule has 1 N–H and O–H groups in total. The SMILES string of the molecule is S=C1NCCCN1CCCc1ccccc1. The third kappa shape index (κ3) is 3.20. The number of rotatable bonds is 4. The Hall–Kier alpha value is -1.09. The van der Waals surface area contributed by atoms with Gasteiger partial charge < -0.3 is 10.2 Å². The summed E-state index contributed by atoms with van der Waals surface area (Å²) in [4.78, 5) is 2.28. The summed E-state index contributed by atoms with van der Waals surface area (Å²) in [5, 5.41) is 4.17. The Balaban J connectivity index is 1.73. The molecule has 0 amide bonds. The van der Waals surface area contributed by atoms with Gasteiger partial charge in [-0.25, -0.2) is 0 Å². The minimum absolute atomic E-state index is 0.930. The maximum Gasteiger partial charge on any atom is 0.168 e. The Morgan fingerprint density at radius 1 is 1.25 bits per heavy atom. The largest absolute Gasteiger partial charge is 0.362 e. The monoisotopic (exact) mass is 234 g/mol. The number of nitrogens with one attached hydrogen (secondary N) is 1. The van der Waals surface area contributed by atoms with Gasteiger partial charge in [0.05, 0.1) is 0 Å². The van der Waals surface area contributed by atoms with Crippen LogP contribution in [-0.4, -0.2) is 29.6 Å². The fourth-order valence-electron chi connectivity index (χ4n) is 2.01. The number of aryl methyl sites for hydroxylation is 1. The van der Waals surface area contributed by atoms with Crippen LogP contribution in [0.4, 0.5) is 0 Å². The third-order valence-corrected chi connectivity index (χ3v) is 3.31. The van der Waals surface area contributed by atoms with E-state index in [1.807, 2.05) is 0 Å². The second-order valence-electron chi connectivity index (χ2n) is 4.16. The van der Waals surface area contributed by atoms with Gasteiger partial charge in [0.1, 0.15) is 0 Å². The Morgan fingerprint density at radius 3 is 2.81 bits per heavy atom. The molecule has 1 aliphatic rings. The molecule has 0 radical (unpaired) electrons. The van der Waals surface area contributed by atoms with Crippen molar-refractivity contribution in [3.63, 3.8) is 0 Å². The van der Waals surface area contributed by atoms with E-state index in [1.54, 1.807) is 0 Å². The summed E-state index contributed by atoms with van der Waals surface area (Å²) in [6.07, 6.45) is 3.51. The summed E-state index contributed by atoms with van der Waals surface area (Å²) in [6.45, 7) is 3.22. The summed E-state index contributed by atoms with van der Waals surface area (Å²) in [5.74, 6) is 0. The van der Waals surface area contributed by atoms with Crippen molar-refractivity contribution in [3.8, 4) is 0 Å². The van der Waals surface area contributed by atoms with Crippen molar-refractivity contribution in [3.05, 3.63) is 35.9 Å². The van der Waals surface area contributed by atoms with Gasteiger partial charge in [-0.1, -0.05) is 30.3 Å². The smallest absolute Gasteiger partial charge is 0.168 e. The molecule has 0 aromatic heterocycles. The summed E-state index contributed by atoms with van der Waals surface area (Å²) in [7, 11) is 0. The predicted molar refractivity (Wildman–Crippen MR) is 71.6 cm³/mol. The molecule has 1 saturated heterocycles. The Bertz CT molecular complexity index is 337. The van der Waals surface area contributed by atoms with E-state index in [0.29, 0.717) is 0 Å². The molecule has 2 nitrogen and oxygen atoms in total. The van der Waals surface area contributed by atoms with Gasteiger partial charge in [-0.15, -0.1) is 0 Å². The molecule has 0 unspecified atom stereocenters. The van der Waals surface area contributed by atoms with Crippen LogP contribution in [0.2, 0.25) is 0 Å². The maximum absolute atomic E-state index is 5.27. The van der Waals surface area contributed by atoms with Gasteiger partial charge in [0, 0.05) is 19.6 Å². The first-order valence-corrected chi connectivity index (χ1v) is 6.34. The van der Waals surface area contributed by atoms with Crippen LogP contribution in [-0.2, 0) is 6.42 Å². The number of thiocarbonyl (C=S) groups is 1. The fraction of sp³-hybridized carbons (Fsp3) is 0.462. The van der Waals surface area contributed by atoms with E-state index in [2.05, 4.69) is 40.5 Å². The molecule has 0 saturated carbocycles. The van der Waals surface area contributed by atoms with Crippen molar-refractivity contribution in [1.82, 2.24) is 10.2 Å². The van der Waals surface area contributed by atoms with Gasteiger partial charge in [-0.2, -0.15) is 0 Å². The predicted octanol–water partition coefficient (Wildman–Crippen LogP) is 2.20. The number of hydrogen-bond donors (Lipinski definition) is 1. The van der Waals surface area contributed by atoms with E-state index in [4.69, 9.17) is 12.2 Å². The quantitative estimate of drug-likeness (QED) is 0.804. The number of benzene rings is 1. The lowest BCUT2D eigenvalue weighted by Gasteiger charge is -2.30. The van der Waals surface area contributed by atoms with Gasteiger partial charge in [0.15, 0.2) is 5.11 Å². The normalized spacial score (nSPS) is 16.0. The highest BCUT2D eigenvalue weighted by atomic mass is 32.1. The van der Waals surface area contributed by atoms with Crippen LogP contribution in [0.25, 0.3) is 0 Å². The molecule has 0 atom stereocenters. The zero-order valence-corrected chi connectivity index (χ0v) is 10.3. The van der Waals surface area contributed by atoms with Crippen molar-refractivity contribution in [2.45, 2.75) is 19.3 Å². The Kier molecular flexibility index (Phi) is 4.17. The first-order chi connectivity index (χ1) is 7.86. The van der Waals surface area contributed by atoms with Crippen LogP contribution in [0.5, 0.6) is 0 Å². The van der Waals surface area contributed by atoms with Crippen LogP contribution >= 0.6 is 12.2 Å². The molecule has 1 aliphatic heterocycles. The van der Waals surface area contributed by atoms with Crippen molar-refractivity contribution >= 4 is 17.3 Å². The molecule has 1 aromatic rings. The summed E-state index contributed by atoms with van der Waals surface area (Å²) < 4.78 is 0. The molecule has 0 aliphatic carbocycles. The fourth-order valence-corrected chi connectivity index (χ4v) is 2.30. The van der Waals surface area contributed by atoms with Crippen LogP contribution in [0.3, 0.4) is 0 Å². The molecular weight excluding hydrogens is 216 g/mol. The average molecular weight is 234 g/mol. The zero-order valence-electron chi connectivity index (χ0n) is 9.48. The van der Waals surface area contributed by atoms with Crippen molar-refractivity contribution < 1.29 is 0 Å². The molecule has 16 heavy (non-hydrogen) atoms. The first-order valence-electron chi connectivity index (χ1n) is 5.93. The molecule has 3 heteroatoms. The van der Waals surface area contributed by atoms with E-state index >= 15 is 0 Å². The van der Waals surface area contributed by atoms with Gasteiger partial charge in [-0.05, 0) is 37.0 Å². The highest BCUT2D eigenvalue weighted by molar-refractivity contribution is 7.80. The van der Waals surface area contributed by atoms with Gasteiger partial charge in [0.2, 0.25) is 0 Å². The van der Waals surface area contributed by atoms with Crippen LogP contribution in [0, 0.1) is 0 Å². The summed E-state index contributed by atoms with van der Waals surface area (Å²) in [5.41, 5.74) is 1.42. The van der Waals surface area contributed by atoms with E-state index in [9.17, 15) is 0 Å². The second-order valence-corrected chi connectivity index (χ2v) is 4.55. The lowest BCUT2D eigenvalue weighted by molar-refractivity contribution is 0.370. The van der Waals surface area contributed by atoms with Gasteiger partial charge in [-0.3, -0.25) is 0 Å². The average Bonchev–Trinajstić information content (AvgIpc) is 2.33. The van der Waals surface area contributed by atoms with Crippen LogP contribution in [0.15, 0.2) is 30.3 Å². The molecule has 0 bridgehead atoms. The first kappa shape index (κ1) is 11.4. The third-order valence-electron chi connectivity index (χ3n) is 2.90. The number of nitrogens with zero attached hydrogens (tertiary/aromatic N) is 1. The van der Waals surface area contributed by atoms with Gasteiger partial charge in [0.25, 0.3) is 0 Å². The molecular formula is C13H18N2S. The van der Waals surface area contributed by atoms with E-state index < -0.39 is 0 Å². The standard InChI is InChI=1S/C13H18N2S/c16-13-14-9-5-11-15(13)10-4-8-12-6-2-1-3-7-12/h1-3,6-7H,4-5,8-11H2,(H,14,16). The lowest BCUT2D eigenvalue weighted by atomic mass is 10.1.